The lowest BCUT2D eigenvalue weighted by Gasteiger charge is -2.39. The van der Waals surface area contributed by atoms with Gasteiger partial charge in [0.15, 0.2) is 0 Å². The van der Waals surface area contributed by atoms with Crippen molar-refractivity contribution in [2.45, 2.75) is 38.9 Å². The SMILES string of the molecule is CCC(=O)CC1CN(Cc2ncc(-c3cccc(-c4cccc(-c5cnc(CN6CC(NC(=O)NC)C6)c(OC)n5)c4Cl)c3Cl)nc2OC)C1. The molecule has 14 heteroatoms. The third kappa shape index (κ3) is 7.68. The van der Waals surface area contributed by atoms with Gasteiger partial charge in [-0.05, 0) is 5.92 Å². The molecular formula is C36H40Cl2N8O4. The summed E-state index contributed by atoms with van der Waals surface area (Å²) in [5, 5.41) is 6.41. The van der Waals surface area contributed by atoms with E-state index < -0.39 is 0 Å². The van der Waals surface area contributed by atoms with Gasteiger partial charge in [0.05, 0.1) is 54.1 Å². The van der Waals surface area contributed by atoms with Crippen molar-refractivity contribution in [1.29, 1.82) is 0 Å². The summed E-state index contributed by atoms with van der Waals surface area (Å²) < 4.78 is 11.3. The van der Waals surface area contributed by atoms with Crippen LogP contribution in [0.4, 0.5) is 4.79 Å². The number of amides is 2. The van der Waals surface area contributed by atoms with Crippen molar-refractivity contribution in [1.82, 2.24) is 40.4 Å². The summed E-state index contributed by atoms with van der Waals surface area (Å²) in [5.74, 6) is 1.54. The van der Waals surface area contributed by atoms with Gasteiger partial charge in [0.2, 0.25) is 11.8 Å². The minimum absolute atomic E-state index is 0.0851. The molecule has 0 atom stereocenters. The van der Waals surface area contributed by atoms with Crippen LogP contribution in [0, 0.1) is 5.92 Å². The third-order valence-corrected chi connectivity index (χ3v) is 9.87. The van der Waals surface area contributed by atoms with Gasteiger partial charge < -0.3 is 20.1 Å². The lowest BCUT2D eigenvalue weighted by atomic mass is 9.93. The predicted molar refractivity (Wildman–Crippen MR) is 192 cm³/mol. The van der Waals surface area contributed by atoms with Crippen LogP contribution in [0.1, 0.15) is 31.2 Å². The molecule has 4 aromatic rings. The maximum absolute atomic E-state index is 11.8. The van der Waals surface area contributed by atoms with Gasteiger partial charge >= 0.3 is 6.03 Å². The van der Waals surface area contributed by atoms with Crippen molar-refractivity contribution in [3.63, 3.8) is 0 Å². The van der Waals surface area contributed by atoms with Crippen LogP contribution < -0.4 is 20.1 Å². The molecule has 2 N–H and O–H groups in total. The van der Waals surface area contributed by atoms with E-state index in [9.17, 15) is 9.59 Å². The number of carbonyl (C=O) groups is 2. The number of carbonyl (C=O) groups excluding carboxylic acids is 2. The number of benzene rings is 2. The highest BCUT2D eigenvalue weighted by Gasteiger charge is 2.30. The highest BCUT2D eigenvalue weighted by Crippen LogP contribution is 2.42. The summed E-state index contributed by atoms with van der Waals surface area (Å²) in [7, 11) is 4.74. The highest BCUT2D eigenvalue weighted by atomic mass is 35.5. The van der Waals surface area contributed by atoms with Crippen LogP contribution in [0.3, 0.4) is 0 Å². The number of hydrogen-bond acceptors (Lipinski definition) is 10. The molecule has 0 saturated carbocycles. The maximum atomic E-state index is 11.8. The van der Waals surface area contributed by atoms with Crippen LogP contribution in [0.15, 0.2) is 48.8 Å². The first-order chi connectivity index (χ1) is 24.2. The lowest BCUT2D eigenvalue weighted by molar-refractivity contribution is -0.121. The average molecular weight is 720 g/mol. The zero-order valence-electron chi connectivity index (χ0n) is 28.5. The molecule has 6 rings (SSSR count). The van der Waals surface area contributed by atoms with Crippen LogP contribution >= 0.6 is 23.2 Å². The van der Waals surface area contributed by atoms with Crippen LogP contribution in [0.5, 0.6) is 11.8 Å². The molecule has 2 aliphatic rings. The second kappa shape index (κ2) is 15.7. The second-order valence-corrected chi connectivity index (χ2v) is 13.3. The van der Waals surface area contributed by atoms with E-state index in [0.717, 1.165) is 29.9 Å². The first-order valence-corrected chi connectivity index (χ1v) is 17.3. The smallest absolute Gasteiger partial charge is 0.314 e. The van der Waals surface area contributed by atoms with Crippen molar-refractivity contribution in [2.24, 2.45) is 5.92 Å². The Morgan fingerprint density at radius 2 is 1.28 bits per heavy atom. The number of halogens is 2. The number of likely N-dealkylation sites (tertiary alicyclic amines) is 2. The molecule has 50 heavy (non-hydrogen) atoms. The fourth-order valence-electron chi connectivity index (χ4n) is 6.35. The van der Waals surface area contributed by atoms with Gasteiger partial charge in [-0.1, -0.05) is 66.5 Å². The summed E-state index contributed by atoms with van der Waals surface area (Å²) >= 11 is 14.1. The molecule has 4 heterocycles. The summed E-state index contributed by atoms with van der Waals surface area (Å²) in [5.41, 5.74) is 5.37. The zero-order chi connectivity index (χ0) is 35.4. The molecule has 0 bridgehead atoms. The third-order valence-electron chi connectivity index (χ3n) is 9.06. The largest absolute Gasteiger partial charge is 0.480 e. The van der Waals surface area contributed by atoms with E-state index in [0.29, 0.717) is 101 Å². The average Bonchev–Trinajstić information content (AvgIpc) is 3.10. The Morgan fingerprint density at radius 3 is 1.74 bits per heavy atom. The van der Waals surface area contributed by atoms with E-state index in [2.05, 4.69) is 25.4 Å². The normalized spacial score (nSPS) is 15.2. The van der Waals surface area contributed by atoms with Gasteiger partial charge in [0.25, 0.3) is 0 Å². The Balaban J connectivity index is 1.19. The molecule has 2 amide bonds. The van der Waals surface area contributed by atoms with Crippen LogP contribution in [0.2, 0.25) is 10.0 Å². The van der Waals surface area contributed by atoms with Crippen molar-refractivity contribution in [3.8, 4) is 45.4 Å². The molecule has 262 valence electrons. The molecule has 2 aromatic carbocycles. The lowest BCUT2D eigenvalue weighted by Crippen LogP contribution is -2.60. The molecule has 2 aliphatic heterocycles. The van der Waals surface area contributed by atoms with Crippen molar-refractivity contribution in [3.05, 3.63) is 70.2 Å². The molecule has 0 aliphatic carbocycles. The summed E-state index contributed by atoms with van der Waals surface area (Å²) in [4.78, 5) is 46.7. The van der Waals surface area contributed by atoms with Gasteiger partial charge in [0, 0.05) is 81.4 Å². The van der Waals surface area contributed by atoms with Gasteiger partial charge in [-0.3, -0.25) is 24.6 Å². The highest BCUT2D eigenvalue weighted by molar-refractivity contribution is 6.39. The minimum Gasteiger partial charge on any atom is -0.480 e. The fraction of sp³-hybridized carbons (Fsp3) is 0.389. The number of urea groups is 1. The molecule has 2 fully saturated rings. The number of nitrogens with zero attached hydrogens (tertiary/aromatic N) is 6. The Bertz CT molecular complexity index is 1750. The number of aromatic nitrogens is 4. The molecule has 0 radical (unpaired) electrons. The summed E-state index contributed by atoms with van der Waals surface area (Å²) in [6.07, 6.45) is 4.61. The molecule has 0 spiro atoms. The van der Waals surface area contributed by atoms with Crippen molar-refractivity contribution >= 4 is 35.0 Å². The van der Waals surface area contributed by atoms with Gasteiger partial charge in [-0.25, -0.2) is 14.8 Å². The molecule has 2 saturated heterocycles. The van der Waals surface area contributed by atoms with E-state index >= 15 is 0 Å². The van der Waals surface area contributed by atoms with E-state index in [1.54, 1.807) is 33.7 Å². The number of ketones is 1. The quantitative estimate of drug-likeness (QED) is 0.182. The van der Waals surface area contributed by atoms with Crippen molar-refractivity contribution in [2.75, 3.05) is 47.4 Å². The maximum Gasteiger partial charge on any atom is 0.314 e. The zero-order valence-corrected chi connectivity index (χ0v) is 30.0. The first kappa shape index (κ1) is 35.5. The summed E-state index contributed by atoms with van der Waals surface area (Å²) in [6.45, 7) is 6.15. The van der Waals surface area contributed by atoms with Gasteiger partial charge in [-0.2, -0.15) is 0 Å². The predicted octanol–water partition coefficient (Wildman–Crippen LogP) is 5.51. The van der Waals surface area contributed by atoms with Crippen molar-refractivity contribution < 1.29 is 19.1 Å². The molecule has 2 aromatic heterocycles. The number of methoxy groups -OCH3 is 2. The Kier molecular flexibility index (Phi) is 11.1. The van der Waals surface area contributed by atoms with Crippen LogP contribution in [0.25, 0.3) is 33.6 Å². The molecular weight excluding hydrogens is 679 g/mol. The monoisotopic (exact) mass is 718 g/mol. The number of nitrogens with one attached hydrogen (secondary N) is 2. The standard InChI is InChI=1S/C36H40Cl2N8O4/c1-5-23(47)12-21-15-45(16-21)19-30-34(49-3)43-28(13-40-30)26-10-6-8-24(32(26)37)25-9-7-11-27(33(25)38)29-14-41-31(35(44-29)50-4)20-46-17-22(18-46)42-36(48)39-2/h6-11,13-14,21-22H,5,12,15-20H2,1-4H3,(H2,39,42,48). The number of Topliss-reactive ketones (excluding diaryl/α,β-unsaturated/α-hetero) is 1. The Hall–Kier alpha value is -4.36. The molecule has 0 unspecified atom stereocenters. The van der Waals surface area contributed by atoms with E-state index in [4.69, 9.17) is 47.6 Å². The van der Waals surface area contributed by atoms with E-state index in [1.165, 1.54) is 0 Å². The second-order valence-electron chi connectivity index (χ2n) is 12.5. The number of ether oxygens (including phenoxy) is 2. The summed E-state index contributed by atoms with van der Waals surface area (Å²) in [6, 6.07) is 11.3. The minimum atomic E-state index is -0.193. The Morgan fingerprint density at radius 1 is 0.800 bits per heavy atom. The van der Waals surface area contributed by atoms with Crippen LogP contribution in [-0.2, 0) is 17.9 Å². The fourth-order valence-corrected chi connectivity index (χ4v) is 7.00. The Labute approximate surface area is 301 Å². The van der Waals surface area contributed by atoms with Gasteiger partial charge in [-0.15, -0.1) is 0 Å². The number of rotatable bonds is 13. The topological polar surface area (TPSA) is 135 Å². The first-order valence-electron chi connectivity index (χ1n) is 16.5. The van der Waals surface area contributed by atoms with E-state index in [-0.39, 0.29) is 12.1 Å². The van der Waals surface area contributed by atoms with Crippen LogP contribution in [-0.4, -0.2) is 95.0 Å². The number of hydrogen-bond donors (Lipinski definition) is 2. The van der Waals surface area contributed by atoms with Gasteiger partial charge in [0.1, 0.15) is 17.2 Å². The molecule has 12 nitrogen and oxygen atoms in total. The van der Waals surface area contributed by atoms with E-state index in [1.807, 2.05) is 43.3 Å².